The molecule has 0 N–H and O–H groups in total. The fourth-order valence-corrected chi connectivity index (χ4v) is 1.65. The summed E-state index contributed by atoms with van der Waals surface area (Å²) in [5.74, 6) is 0. The standard InChI is InChI=1S/C11H12N2/c1-8-3-9(2)5-10(4-8)13-7-11(13)6-12/h3-5,11H,7H2,1-2H3. The number of aryl methyl sites for hydroxylation is 2. The number of rotatable bonds is 1. The molecule has 66 valence electrons. The second-order valence-electron chi connectivity index (χ2n) is 3.64. The molecule has 2 heteroatoms. The maximum absolute atomic E-state index is 8.68. The van der Waals surface area contributed by atoms with Crippen LogP contribution in [0.25, 0.3) is 0 Å². The molecule has 0 aromatic heterocycles. The zero-order chi connectivity index (χ0) is 9.42. The molecule has 1 aliphatic rings. The van der Waals surface area contributed by atoms with E-state index in [9.17, 15) is 0 Å². The Morgan fingerprint density at radius 3 is 2.38 bits per heavy atom. The van der Waals surface area contributed by atoms with Gasteiger partial charge in [0.25, 0.3) is 0 Å². The van der Waals surface area contributed by atoms with E-state index in [1.807, 2.05) is 0 Å². The molecule has 1 aliphatic heterocycles. The van der Waals surface area contributed by atoms with Crippen LogP contribution in [0, 0.1) is 25.2 Å². The molecule has 0 saturated carbocycles. The minimum Gasteiger partial charge on any atom is -0.351 e. The van der Waals surface area contributed by atoms with Gasteiger partial charge in [-0.2, -0.15) is 5.26 Å². The molecule has 2 nitrogen and oxygen atoms in total. The lowest BCUT2D eigenvalue weighted by molar-refractivity contribution is 1.24. The number of anilines is 1. The summed E-state index contributed by atoms with van der Waals surface area (Å²) in [7, 11) is 0. The van der Waals surface area contributed by atoms with Crippen molar-refractivity contribution < 1.29 is 0 Å². The Balaban J connectivity index is 2.28. The molecule has 0 aliphatic carbocycles. The monoisotopic (exact) mass is 172 g/mol. The van der Waals surface area contributed by atoms with Crippen LogP contribution in [0.4, 0.5) is 5.69 Å². The van der Waals surface area contributed by atoms with E-state index in [1.54, 1.807) is 0 Å². The zero-order valence-electron chi connectivity index (χ0n) is 7.91. The number of hydrogen-bond donors (Lipinski definition) is 0. The van der Waals surface area contributed by atoms with E-state index in [0.717, 1.165) is 6.54 Å². The van der Waals surface area contributed by atoms with Crippen molar-refractivity contribution in [2.75, 3.05) is 11.4 Å². The topological polar surface area (TPSA) is 26.8 Å². The summed E-state index contributed by atoms with van der Waals surface area (Å²) in [6, 6.07) is 8.77. The fourth-order valence-electron chi connectivity index (χ4n) is 1.65. The summed E-state index contributed by atoms with van der Waals surface area (Å²) in [5.41, 5.74) is 3.71. The smallest absolute Gasteiger partial charge is 0.134 e. The van der Waals surface area contributed by atoms with Crippen LogP contribution in [0.2, 0.25) is 0 Å². The number of nitrogens with zero attached hydrogens (tertiary/aromatic N) is 2. The minimum absolute atomic E-state index is 0.112. The second kappa shape index (κ2) is 2.77. The van der Waals surface area contributed by atoms with E-state index in [0.29, 0.717) is 0 Å². The largest absolute Gasteiger partial charge is 0.351 e. The van der Waals surface area contributed by atoms with Crippen LogP contribution in [-0.2, 0) is 0 Å². The van der Waals surface area contributed by atoms with Crippen LogP contribution in [0.1, 0.15) is 11.1 Å². The minimum atomic E-state index is 0.112. The molecule has 1 heterocycles. The molecule has 0 bridgehead atoms. The van der Waals surface area contributed by atoms with Gasteiger partial charge in [0.05, 0.1) is 12.6 Å². The lowest BCUT2D eigenvalue weighted by atomic mass is 10.1. The summed E-state index contributed by atoms with van der Waals surface area (Å²) in [4.78, 5) is 2.11. The van der Waals surface area contributed by atoms with Crippen molar-refractivity contribution in [3.63, 3.8) is 0 Å². The summed E-state index contributed by atoms with van der Waals surface area (Å²) in [6.45, 7) is 5.06. The number of benzene rings is 1. The molecule has 2 rings (SSSR count). The Morgan fingerprint density at radius 1 is 1.31 bits per heavy atom. The summed E-state index contributed by atoms with van der Waals surface area (Å²) >= 11 is 0. The van der Waals surface area contributed by atoms with Gasteiger partial charge in [0.15, 0.2) is 0 Å². The van der Waals surface area contributed by atoms with E-state index >= 15 is 0 Å². The Kier molecular flexibility index (Phi) is 1.73. The predicted octanol–water partition coefficient (Wildman–Crippen LogP) is 2.02. The van der Waals surface area contributed by atoms with Crippen LogP contribution in [0.3, 0.4) is 0 Å². The molecule has 0 spiro atoms. The van der Waals surface area contributed by atoms with E-state index < -0.39 is 0 Å². The van der Waals surface area contributed by atoms with Crippen molar-refractivity contribution in [2.24, 2.45) is 0 Å². The molecule has 13 heavy (non-hydrogen) atoms. The Bertz CT molecular complexity index is 356. The quantitative estimate of drug-likeness (QED) is 0.606. The summed E-state index contributed by atoms with van der Waals surface area (Å²) < 4.78 is 0. The van der Waals surface area contributed by atoms with Gasteiger partial charge in [-0.25, -0.2) is 0 Å². The maximum Gasteiger partial charge on any atom is 0.134 e. The summed E-state index contributed by atoms with van der Waals surface area (Å²) in [5, 5.41) is 8.68. The Labute approximate surface area is 78.4 Å². The van der Waals surface area contributed by atoms with Crippen LogP contribution in [0.15, 0.2) is 18.2 Å². The van der Waals surface area contributed by atoms with Gasteiger partial charge in [0, 0.05) is 5.69 Å². The third kappa shape index (κ3) is 1.50. The van der Waals surface area contributed by atoms with Gasteiger partial charge in [0.1, 0.15) is 6.04 Å². The molecule has 0 radical (unpaired) electrons. The van der Waals surface area contributed by atoms with Crippen molar-refractivity contribution in [3.8, 4) is 6.07 Å². The van der Waals surface area contributed by atoms with Gasteiger partial charge >= 0.3 is 0 Å². The molecular formula is C11H12N2. The van der Waals surface area contributed by atoms with E-state index in [4.69, 9.17) is 5.26 Å². The molecule has 1 aromatic rings. The van der Waals surface area contributed by atoms with Gasteiger partial charge in [-0.15, -0.1) is 0 Å². The highest BCUT2D eigenvalue weighted by Gasteiger charge is 2.33. The number of nitriles is 1. The van der Waals surface area contributed by atoms with Crippen molar-refractivity contribution in [2.45, 2.75) is 19.9 Å². The zero-order valence-corrected chi connectivity index (χ0v) is 7.91. The van der Waals surface area contributed by atoms with Gasteiger partial charge < -0.3 is 4.90 Å². The molecule has 0 amide bonds. The molecule has 1 saturated heterocycles. The predicted molar refractivity (Wildman–Crippen MR) is 52.7 cm³/mol. The molecular weight excluding hydrogens is 160 g/mol. The SMILES string of the molecule is Cc1cc(C)cc(N2CC2C#N)c1. The second-order valence-corrected chi connectivity index (χ2v) is 3.64. The van der Waals surface area contributed by atoms with Crippen molar-refractivity contribution in [1.29, 1.82) is 5.26 Å². The molecule has 1 unspecified atom stereocenters. The third-order valence-electron chi connectivity index (χ3n) is 2.30. The molecule has 1 aromatic carbocycles. The van der Waals surface area contributed by atoms with E-state index in [-0.39, 0.29) is 6.04 Å². The average Bonchev–Trinajstić information content (AvgIpc) is 2.80. The number of hydrogen-bond acceptors (Lipinski definition) is 2. The summed E-state index contributed by atoms with van der Waals surface area (Å²) in [6.07, 6.45) is 0. The van der Waals surface area contributed by atoms with Crippen molar-refractivity contribution in [1.82, 2.24) is 0 Å². The van der Waals surface area contributed by atoms with Crippen LogP contribution in [-0.4, -0.2) is 12.6 Å². The van der Waals surface area contributed by atoms with Gasteiger partial charge in [-0.1, -0.05) is 6.07 Å². The first-order valence-electron chi connectivity index (χ1n) is 4.45. The van der Waals surface area contributed by atoms with E-state index in [1.165, 1.54) is 16.8 Å². The van der Waals surface area contributed by atoms with Gasteiger partial charge in [-0.3, -0.25) is 0 Å². The lowest BCUT2D eigenvalue weighted by Crippen LogP contribution is -1.97. The lowest BCUT2D eigenvalue weighted by Gasteiger charge is -2.05. The highest BCUT2D eigenvalue weighted by molar-refractivity contribution is 5.58. The Hall–Kier alpha value is -1.49. The maximum atomic E-state index is 8.68. The van der Waals surface area contributed by atoms with Gasteiger partial charge in [-0.05, 0) is 37.1 Å². The first kappa shape index (κ1) is 8.12. The molecule has 1 fully saturated rings. The molecule has 1 atom stereocenters. The Morgan fingerprint density at radius 2 is 1.92 bits per heavy atom. The van der Waals surface area contributed by atoms with Crippen LogP contribution < -0.4 is 4.90 Å². The fraction of sp³-hybridized carbons (Fsp3) is 0.364. The highest BCUT2D eigenvalue weighted by atomic mass is 15.3. The van der Waals surface area contributed by atoms with Crippen LogP contribution in [0.5, 0.6) is 0 Å². The first-order valence-corrected chi connectivity index (χ1v) is 4.45. The third-order valence-corrected chi connectivity index (χ3v) is 2.30. The first-order chi connectivity index (χ1) is 6.20. The van der Waals surface area contributed by atoms with Crippen LogP contribution >= 0.6 is 0 Å². The van der Waals surface area contributed by atoms with Crippen molar-refractivity contribution in [3.05, 3.63) is 29.3 Å². The highest BCUT2D eigenvalue weighted by Crippen LogP contribution is 2.28. The average molecular weight is 172 g/mol. The van der Waals surface area contributed by atoms with Crippen molar-refractivity contribution >= 4 is 5.69 Å². The normalized spacial score (nSPS) is 19.8. The van der Waals surface area contributed by atoms with E-state index in [2.05, 4.69) is 43.0 Å². The van der Waals surface area contributed by atoms with Gasteiger partial charge in [0.2, 0.25) is 0 Å².